The number of hydrogen-bond acceptors (Lipinski definition) is 5. The maximum absolute atomic E-state index is 11.6. The number of urea groups is 1. The number of nitrogens with one attached hydrogen (secondary N) is 2. The van der Waals surface area contributed by atoms with Gasteiger partial charge in [-0.25, -0.2) is 14.8 Å². The summed E-state index contributed by atoms with van der Waals surface area (Å²) in [7, 11) is 1.53. The number of aryl methyl sites for hydroxylation is 1. The van der Waals surface area contributed by atoms with Crippen molar-refractivity contribution in [2.45, 2.75) is 6.92 Å². The quantitative estimate of drug-likeness (QED) is 0.893. The van der Waals surface area contributed by atoms with Crippen molar-refractivity contribution in [3.8, 4) is 5.88 Å². The van der Waals surface area contributed by atoms with E-state index in [1.165, 1.54) is 24.6 Å². The molecular formula is C11H12N4O2S. The van der Waals surface area contributed by atoms with Gasteiger partial charge in [0.05, 0.1) is 24.7 Å². The maximum atomic E-state index is 11.6. The normalized spacial score (nSPS) is 9.89. The zero-order valence-corrected chi connectivity index (χ0v) is 10.7. The first-order valence-electron chi connectivity index (χ1n) is 5.17. The molecule has 0 fully saturated rings. The van der Waals surface area contributed by atoms with Gasteiger partial charge in [0, 0.05) is 11.4 Å². The van der Waals surface area contributed by atoms with Gasteiger partial charge in [0.1, 0.15) is 0 Å². The average Bonchev–Trinajstić information content (AvgIpc) is 2.75. The minimum Gasteiger partial charge on any atom is -0.481 e. The zero-order valence-electron chi connectivity index (χ0n) is 9.93. The topological polar surface area (TPSA) is 76.1 Å². The molecule has 7 heteroatoms. The Balaban J connectivity index is 1.94. The molecule has 2 amide bonds. The third kappa shape index (κ3) is 3.17. The Morgan fingerprint density at radius 3 is 2.78 bits per heavy atom. The summed E-state index contributed by atoms with van der Waals surface area (Å²) in [6.45, 7) is 1.87. The fraction of sp³-hybridized carbons (Fsp3) is 0.182. The van der Waals surface area contributed by atoms with Gasteiger partial charge in [-0.3, -0.25) is 5.32 Å². The molecule has 6 nitrogen and oxygen atoms in total. The summed E-state index contributed by atoms with van der Waals surface area (Å²) in [4.78, 5) is 19.7. The van der Waals surface area contributed by atoms with Crippen LogP contribution in [-0.4, -0.2) is 23.1 Å². The Morgan fingerprint density at radius 2 is 2.22 bits per heavy atom. The minimum atomic E-state index is -0.351. The van der Waals surface area contributed by atoms with E-state index < -0.39 is 0 Å². The number of ether oxygens (including phenoxy) is 1. The summed E-state index contributed by atoms with van der Waals surface area (Å²) in [5, 5.41) is 7.71. The number of aromatic nitrogens is 2. The molecule has 2 heterocycles. The van der Waals surface area contributed by atoms with Crippen LogP contribution in [0.4, 0.5) is 15.6 Å². The molecule has 2 aromatic heterocycles. The number of anilines is 2. The van der Waals surface area contributed by atoms with E-state index in [9.17, 15) is 4.79 Å². The fourth-order valence-corrected chi connectivity index (χ4v) is 1.93. The highest BCUT2D eigenvalue weighted by atomic mass is 32.1. The van der Waals surface area contributed by atoms with Crippen LogP contribution >= 0.6 is 11.3 Å². The highest BCUT2D eigenvalue weighted by Gasteiger charge is 2.05. The molecule has 0 saturated carbocycles. The van der Waals surface area contributed by atoms with Crippen molar-refractivity contribution in [2.24, 2.45) is 0 Å². The van der Waals surface area contributed by atoms with Gasteiger partial charge in [0.15, 0.2) is 5.13 Å². The summed E-state index contributed by atoms with van der Waals surface area (Å²) >= 11 is 1.38. The number of amides is 2. The molecule has 2 aromatic rings. The van der Waals surface area contributed by atoms with Crippen molar-refractivity contribution in [3.05, 3.63) is 29.4 Å². The standard InChI is InChI=1S/C11H12N4O2S/c1-7-6-18-11(13-7)15-10(16)14-8-3-4-9(17-2)12-5-8/h3-6H,1-2H3,(H2,13,14,15,16). The van der Waals surface area contributed by atoms with Gasteiger partial charge in [-0.1, -0.05) is 0 Å². The molecular weight excluding hydrogens is 252 g/mol. The largest absolute Gasteiger partial charge is 0.481 e. The third-order valence-corrected chi connectivity index (χ3v) is 2.92. The van der Waals surface area contributed by atoms with Crippen molar-refractivity contribution in [1.82, 2.24) is 9.97 Å². The highest BCUT2D eigenvalue weighted by molar-refractivity contribution is 7.13. The van der Waals surface area contributed by atoms with E-state index in [2.05, 4.69) is 20.6 Å². The molecule has 0 aliphatic rings. The Morgan fingerprint density at radius 1 is 1.39 bits per heavy atom. The van der Waals surface area contributed by atoms with Gasteiger partial charge in [0.25, 0.3) is 0 Å². The first-order chi connectivity index (χ1) is 8.67. The number of nitrogens with zero attached hydrogens (tertiary/aromatic N) is 2. The van der Waals surface area contributed by atoms with Crippen LogP contribution in [0.3, 0.4) is 0 Å². The number of rotatable bonds is 3. The van der Waals surface area contributed by atoms with Crippen LogP contribution in [0.2, 0.25) is 0 Å². The second-order valence-corrected chi connectivity index (χ2v) is 4.32. The van der Waals surface area contributed by atoms with Crippen LogP contribution in [0.5, 0.6) is 5.88 Å². The summed E-state index contributed by atoms with van der Waals surface area (Å²) in [5.41, 5.74) is 1.46. The van der Waals surface area contributed by atoms with Gasteiger partial charge in [-0.2, -0.15) is 0 Å². The molecule has 0 unspecified atom stereocenters. The lowest BCUT2D eigenvalue weighted by Gasteiger charge is -2.05. The average molecular weight is 264 g/mol. The monoisotopic (exact) mass is 264 g/mol. The Hall–Kier alpha value is -2.15. The number of methoxy groups -OCH3 is 1. The maximum Gasteiger partial charge on any atom is 0.325 e. The van der Waals surface area contributed by atoms with E-state index >= 15 is 0 Å². The molecule has 18 heavy (non-hydrogen) atoms. The Kier molecular flexibility index (Phi) is 3.73. The predicted molar refractivity (Wildman–Crippen MR) is 70.3 cm³/mol. The predicted octanol–water partition coefficient (Wildman–Crippen LogP) is 2.50. The van der Waals surface area contributed by atoms with E-state index in [1.807, 2.05) is 12.3 Å². The molecule has 2 N–H and O–H groups in total. The van der Waals surface area contributed by atoms with Crippen molar-refractivity contribution in [2.75, 3.05) is 17.7 Å². The van der Waals surface area contributed by atoms with Crippen molar-refractivity contribution < 1.29 is 9.53 Å². The third-order valence-electron chi connectivity index (χ3n) is 2.04. The van der Waals surface area contributed by atoms with Crippen LogP contribution in [0.1, 0.15) is 5.69 Å². The first kappa shape index (κ1) is 12.3. The number of carbonyl (C=O) groups excluding carboxylic acids is 1. The summed E-state index contributed by atoms with van der Waals surface area (Å²) in [6, 6.07) is 3.03. The molecule has 0 spiro atoms. The van der Waals surface area contributed by atoms with Gasteiger partial charge in [0.2, 0.25) is 5.88 Å². The molecule has 0 aliphatic heterocycles. The zero-order chi connectivity index (χ0) is 13.0. The van der Waals surface area contributed by atoms with E-state index in [0.29, 0.717) is 16.7 Å². The van der Waals surface area contributed by atoms with Crippen LogP contribution < -0.4 is 15.4 Å². The number of carbonyl (C=O) groups is 1. The Bertz CT molecular complexity index is 538. The van der Waals surface area contributed by atoms with Gasteiger partial charge in [-0.05, 0) is 13.0 Å². The highest BCUT2D eigenvalue weighted by Crippen LogP contribution is 2.15. The molecule has 0 bridgehead atoms. The molecule has 0 atom stereocenters. The number of thiazole rings is 1. The van der Waals surface area contributed by atoms with E-state index in [-0.39, 0.29) is 6.03 Å². The summed E-state index contributed by atoms with van der Waals surface area (Å²) in [6.07, 6.45) is 1.52. The molecule has 0 aromatic carbocycles. The van der Waals surface area contributed by atoms with Crippen LogP contribution in [-0.2, 0) is 0 Å². The second kappa shape index (κ2) is 5.46. The molecule has 94 valence electrons. The van der Waals surface area contributed by atoms with Crippen molar-refractivity contribution >= 4 is 28.2 Å². The smallest absolute Gasteiger partial charge is 0.325 e. The van der Waals surface area contributed by atoms with E-state index in [1.54, 1.807) is 12.1 Å². The molecule has 0 saturated heterocycles. The lowest BCUT2D eigenvalue weighted by Crippen LogP contribution is -2.19. The molecule has 2 rings (SSSR count). The number of pyridine rings is 1. The van der Waals surface area contributed by atoms with Gasteiger partial charge >= 0.3 is 6.03 Å². The number of hydrogen-bond donors (Lipinski definition) is 2. The Labute approximate surface area is 108 Å². The second-order valence-electron chi connectivity index (χ2n) is 3.46. The van der Waals surface area contributed by atoms with Crippen molar-refractivity contribution in [1.29, 1.82) is 0 Å². The van der Waals surface area contributed by atoms with E-state index in [4.69, 9.17) is 4.74 Å². The van der Waals surface area contributed by atoms with E-state index in [0.717, 1.165) is 5.69 Å². The van der Waals surface area contributed by atoms with Crippen LogP contribution in [0.25, 0.3) is 0 Å². The SMILES string of the molecule is COc1ccc(NC(=O)Nc2nc(C)cs2)cn1. The fourth-order valence-electron chi connectivity index (χ4n) is 1.25. The molecule has 0 aliphatic carbocycles. The van der Waals surface area contributed by atoms with Crippen LogP contribution in [0, 0.1) is 6.92 Å². The lowest BCUT2D eigenvalue weighted by molar-refractivity contribution is 0.262. The summed E-state index contributed by atoms with van der Waals surface area (Å²) < 4.78 is 4.92. The summed E-state index contributed by atoms with van der Waals surface area (Å²) in [5.74, 6) is 0.497. The van der Waals surface area contributed by atoms with Gasteiger partial charge < -0.3 is 10.1 Å². The first-order valence-corrected chi connectivity index (χ1v) is 6.05. The lowest BCUT2D eigenvalue weighted by atomic mass is 10.4. The molecule has 0 radical (unpaired) electrons. The minimum absolute atomic E-state index is 0.351. The van der Waals surface area contributed by atoms with Crippen molar-refractivity contribution in [3.63, 3.8) is 0 Å². The van der Waals surface area contributed by atoms with Gasteiger partial charge in [-0.15, -0.1) is 11.3 Å². The van der Waals surface area contributed by atoms with Crippen LogP contribution in [0.15, 0.2) is 23.7 Å².